The van der Waals surface area contributed by atoms with Crippen molar-refractivity contribution >= 4 is 17.3 Å². The minimum atomic E-state index is 0. The van der Waals surface area contributed by atoms with Crippen molar-refractivity contribution in [2.24, 2.45) is 0 Å². The number of nitrogens with one attached hydrogen (secondary N) is 3. The van der Waals surface area contributed by atoms with Crippen LogP contribution in [0.1, 0.15) is 23.2 Å². The molecule has 2 aliphatic heterocycles. The molecule has 3 aliphatic rings. The maximum Gasteiger partial charge on any atom is 0.226 e. The van der Waals surface area contributed by atoms with Gasteiger partial charge in [0.15, 0.2) is 12.4 Å². The Kier molecular flexibility index (Phi) is 4.08. The van der Waals surface area contributed by atoms with E-state index in [4.69, 9.17) is 0 Å². The molecule has 3 heterocycles. The minimum Gasteiger partial charge on any atom is -1.00 e. The number of halogens is 1. The van der Waals surface area contributed by atoms with Gasteiger partial charge in [0.2, 0.25) is 5.82 Å². The molecule has 1 aromatic carbocycles. The van der Waals surface area contributed by atoms with E-state index in [1.165, 1.54) is 44.5 Å². The number of fused-ring (bicyclic) bond motifs is 4. The average Bonchev–Trinajstić information content (AvgIpc) is 3.18. The summed E-state index contributed by atoms with van der Waals surface area (Å²) >= 11 is 0. The van der Waals surface area contributed by atoms with Gasteiger partial charge in [0.25, 0.3) is 0 Å². The third-order valence-electron chi connectivity index (χ3n) is 5.08. The van der Waals surface area contributed by atoms with Gasteiger partial charge in [-0.3, -0.25) is 5.43 Å². The van der Waals surface area contributed by atoms with E-state index in [-0.39, 0.29) is 17.0 Å². The zero-order valence-corrected chi connectivity index (χ0v) is 16.0. The Hall–Kier alpha value is -1.86. The highest BCUT2D eigenvalue weighted by atomic mass is 79.9. The molecular formula is C19H22BrN5. The highest BCUT2D eigenvalue weighted by molar-refractivity contribution is 5.82. The molecule has 0 radical (unpaired) electrons. The number of quaternary nitrogens is 1. The van der Waals surface area contributed by atoms with E-state index in [1.54, 1.807) is 0 Å². The Morgan fingerprint density at radius 1 is 1.24 bits per heavy atom. The second-order valence-electron chi connectivity index (χ2n) is 6.96. The van der Waals surface area contributed by atoms with Crippen molar-refractivity contribution in [2.45, 2.75) is 13.0 Å². The zero-order valence-electron chi connectivity index (χ0n) is 14.4. The summed E-state index contributed by atoms with van der Waals surface area (Å²) in [5, 5.41) is 0. The zero-order chi connectivity index (χ0) is 16.3. The molecule has 0 bridgehead atoms. The fraction of sp³-hybridized carbons (Fsp3) is 0.263. The van der Waals surface area contributed by atoms with E-state index >= 15 is 0 Å². The predicted molar refractivity (Wildman–Crippen MR) is 95.5 cm³/mol. The first kappa shape index (κ1) is 16.6. The standard InChI is InChI=1S/C19H21N5.BrH/c1-22(2)11-14-6-4-8-16-18(14)23-10-9-13-5-3-7-15(17(13)23)19-21-20-12-24(16)19;/h3-6,8-10,20-21H,7,11-12H2,1-2H3;1H. The van der Waals surface area contributed by atoms with Gasteiger partial charge in [0, 0.05) is 30.8 Å². The van der Waals surface area contributed by atoms with Crippen LogP contribution in [0.2, 0.25) is 0 Å². The summed E-state index contributed by atoms with van der Waals surface area (Å²) < 4.78 is 2.41. The number of aromatic nitrogens is 1. The highest BCUT2D eigenvalue weighted by Crippen LogP contribution is 2.37. The molecule has 1 saturated heterocycles. The number of benzene rings is 1. The molecule has 1 fully saturated rings. The first-order chi connectivity index (χ1) is 11.7. The fourth-order valence-corrected chi connectivity index (χ4v) is 4.17. The summed E-state index contributed by atoms with van der Waals surface area (Å²) in [7, 11) is 4.26. The first-order valence-electron chi connectivity index (χ1n) is 8.48. The third-order valence-corrected chi connectivity index (χ3v) is 5.08. The van der Waals surface area contributed by atoms with E-state index in [0.29, 0.717) is 0 Å². The van der Waals surface area contributed by atoms with Crippen LogP contribution in [0.4, 0.5) is 5.69 Å². The molecule has 1 unspecified atom stereocenters. The Labute approximate surface area is 158 Å². The van der Waals surface area contributed by atoms with Crippen molar-refractivity contribution < 1.29 is 21.9 Å². The molecule has 5 nitrogen and oxygen atoms in total. The smallest absolute Gasteiger partial charge is 0.226 e. The molecule has 0 amide bonds. The average molecular weight is 400 g/mol. The molecule has 2 aromatic rings. The van der Waals surface area contributed by atoms with Gasteiger partial charge in [-0.15, -0.1) is 0 Å². The van der Waals surface area contributed by atoms with Crippen LogP contribution in [-0.4, -0.2) is 30.2 Å². The van der Waals surface area contributed by atoms with Crippen molar-refractivity contribution in [1.82, 2.24) is 20.3 Å². The van der Waals surface area contributed by atoms with E-state index in [0.717, 1.165) is 19.6 Å². The number of nitrogens with zero attached hydrogens (tertiary/aromatic N) is 2. The van der Waals surface area contributed by atoms with Crippen LogP contribution in [-0.2, 0) is 6.54 Å². The van der Waals surface area contributed by atoms with Crippen LogP contribution in [0.15, 0.2) is 42.4 Å². The molecular weight excluding hydrogens is 378 g/mol. The molecule has 1 aliphatic carbocycles. The Morgan fingerprint density at radius 2 is 2.12 bits per heavy atom. The van der Waals surface area contributed by atoms with Crippen LogP contribution >= 0.6 is 0 Å². The van der Waals surface area contributed by atoms with Gasteiger partial charge in [-0.05, 0) is 25.7 Å². The van der Waals surface area contributed by atoms with Crippen LogP contribution in [0.5, 0.6) is 0 Å². The lowest BCUT2D eigenvalue weighted by Gasteiger charge is -2.19. The molecule has 3 N–H and O–H groups in total. The van der Waals surface area contributed by atoms with Gasteiger partial charge in [0.05, 0.1) is 11.3 Å². The van der Waals surface area contributed by atoms with Crippen molar-refractivity contribution in [3.63, 3.8) is 0 Å². The highest BCUT2D eigenvalue weighted by Gasteiger charge is 2.37. The van der Waals surface area contributed by atoms with Crippen LogP contribution in [0.25, 0.3) is 17.3 Å². The van der Waals surface area contributed by atoms with Gasteiger partial charge in [-0.1, -0.05) is 24.3 Å². The summed E-state index contributed by atoms with van der Waals surface area (Å²) in [4.78, 5) is 3.62. The quantitative estimate of drug-likeness (QED) is 0.559. The summed E-state index contributed by atoms with van der Waals surface area (Å²) in [6, 6.07) is 8.93. The van der Waals surface area contributed by atoms with Crippen molar-refractivity contribution in [3.05, 3.63) is 59.2 Å². The van der Waals surface area contributed by atoms with Gasteiger partial charge < -0.3 is 26.4 Å². The van der Waals surface area contributed by atoms with Crippen molar-refractivity contribution in [2.75, 3.05) is 20.8 Å². The predicted octanol–water partition coefficient (Wildman–Crippen LogP) is -1.78. The SMILES string of the molecule is CN(C)Cc1cccc2c1-n1ccc3c1C(=C1NNC[NH+]12)CC=C3.[Br-]. The van der Waals surface area contributed by atoms with Crippen LogP contribution in [0, 0.1) is 0 Å². The Balaban J connectivity index is 0.00000157. The number of hydrogen-bond donors (Lipinski definition) is 3. The van der Waals surface area contributed by atoms with Crippen LogP contribution < -0.4 is 32.7 Å². The Bertz CT molecular complexity index is 893. The van der Waals surface area contributed by atoms with Gasteiger partial charge >= 0.3 is 0 Å². The number of allylic oxidation sites excluding steroid dienone is 2. The summed E-state index contributed by atoms with van der Waals surface area (Å²) in [6.45, 7) is 1.80. The molecule has 1 aromatic heterocycles. The van der Waals surface area contributed by atoms with E-state index in [9.17, 15) is 0 Å². The van der Waals surface area contributed by atoms with Crippen LogP contribution in [0.3, 0.4) is 0 Å². The number of hydrogen-bond acceptors (Lipinski definition) is 3. The lowest BCUT2D eigenvalue weighted by atomic mass is 9.99. The largest absolute Gasteiger partial charge is 1.00 e. The molecule has 130 valence electrons. The van der Waals surface area contributed by atoms with Gasteiger partial charge in [-0.2, -0.15) is 5.43 Å². The normalized spacial score (nSPS) is 19.7. The summed E-state index contributed by atoms with van der Waals surface area (Å²) in [5.41, 5.74) is 14.8. The summed E-state index contributed by atoms with van der Waals surface area (Å²) in [5.74, 6) is 1.27. The molecule has 25 heavy (non-hydrogen) atoms. The number of hydrazine groups is 1. The number of rotatable bonds is 2. The van der Waals surface area contributed by atoms with Gasteiger partial charge in [-0.25, -0.2) is 4.90 Å². The number of para-hydroxylation sites is 1. The molecule has 6 heteroatoms. The molecule has 1 atom stereocenters. The Morgan fingerprint density at radius 3 is 2.96 bits per heavy atom. The molecule has 5 rings (SSSR count). The lowest BCUT2D eigenvalue weighted by molar-refractivity contribution is -0.780. The van der Waals surface area contributed by atoms with Crippen molar-refractivity contribution in [1.29, 1.82) is 0 Å². The third kappa shape index (κ3) is 2.40. The maximum absolute atomic E-state index is 3.43. The minimum absolute atomic E-state index is 0. The summed E-state index contributed by atoms with van der Waals surface area (Å²) in [6.07, 6.45) is 7.72. The molecule has 0 saturated carbocycles. The van der Waals surface area contributed by atoms with E-state index < -0.39 is 0 Å². The van der Waals surface area contributed by atoms with Crippen molar-refractivity contribution in [3.8, 4) is 5.69 Å². The fourth-order valence-electron chi connectivity index (χ4n) is 4.17. The van der Waals surface area contributed by atoms with Gasteiger partial charge in [0.1, 0.15) is 5.69 Å². The maximum atomic E-state index is 3.43. The topological polar surface area (TPSA) is 36.7 Å². The first-order valence-corrected chi connectivity index (χ1v) is 8.48. The second kappa shape index (κ2) is 6.14. The van der Waals surface area contributed by atoms with E-state index in [1.807, 2.05) is 0 Å². The lowest BCUT2D eigenvalue weighted by Crippen LogP contribution is -3.04. The second-order valence-corrected chi connectivity index (χ2v) is 6.96. The van der Waals surface area contributed by atoms with E-state index in [2.05, 4.69) is 77.0 Å². The monoisotopic (exact) mass is 399 g/mol. The molecule has 0 spiro atoms.